The van der Waals surface area contributed by atoms with E-state index in [1.165, 1.54) is 35.2 Å². The van der Waals surface area contributed by atoms with Gasteiger partial charge in [0.15, 0.2) is 0 Å². The summed E-state index contributed by atoms with van der Waals surface area (Å²) < 4.78 is 32.9. The number of hydrogen-bond donors (Lipinski definition) is 2. The molecule has 0 atom stereocenters. The van der Waals surface area contributed by atoms with E-state index < -0.39 is 15.9 Å². The second-order valence-electron chi connectivity index (χ2n) is 8.30. The molecule has 1 saturated heterocycles. The van der Waals surface area contributed by atoms with Gasteiger partial charge in [-0.05, 0) is 44.2 Å². The van der Waals surface area contributed by atoms with Crippen LogP contribution in [-0.2, 0) is 10.0 Å². The van der Waals surface area contributed by atoms with Crippen molar-refractivity contribution < 1.29 is 17.9 Å². The monoisotopic (exact) mass is 496 g/mol. The average molecular weight is 497 g/mol. The summed E-state index contributed by atoms with van der Waals surface area (Å²) in [6, 6.07) is 14.0. The van der Waals surface area contributed by atoms with Gasteiger partial charge in [0.05, 0.1) is 17.6 Å². The van der Waals surface area contributed by atoms with Crippen LogP contribution in [0.4, 0.5) is 17.5 Å². The number of carbonyl (C=O) groups excluding carboxylic acids is 1. The first-order valence-electron chi connectivity index (χ1n) is 11.1. The highest BCUT2D eigenvalue weighted by Gasteiger charge is 2.30. The third-order valence-corrected chi connectivity index (χ3v) is 7.66. The number of nitrogens with one attached hydrogen (secondary N) is 1. The third kappa shape index (κ3) is 5.36. The first kappa shape index (κ1) is 24.4. The number of piperazine rings is 1. The Morgan fingerprint density at radius 1 is 1.00 bits per heavy atom. The summed E-state index contributed by atoms with van der Waals surface area (Å²) in [4.78, 5) is 22.9. The first-order valence-corrected chi connectivity index (χ1v) is 12.5. The average Bonchev–Trinajstić information content (AvgIpc) is 2.84. The summed E-state index contributed by atoms with van der Waals surface area (Å²) in [7, 11) is -2.43. The topological polar surface area (TPSA) is 131 Å². The highest BCUT2D eigenvalue weighted by molar-refractivity contribution is 7.89. The highest BCUT2D eigenvalue weighted by Crippen LogP contribution is 2.26. The lowest BCUT2D eigenvalue weighted by atomic mass is 10.2. The number of rotatable bonds is 7. The van der Waals surface area contributed by atoms with Gasteiger partial charge >= 0.3 is 0 Å². The second kappa shape index (κ2) is 9.88. The van der Waals surface area contributed by atoms with E-state index in [9.17, 15) is 13.2 Å². The Morgan fingerprint density at radius 2 is 1.69 bits per heavy atom. The molecule has 1 aliphatic heterocycles. The second-order valence-corrected chi connectivity index (χ2v) is 10.2. The van der Waals surface area contributed by atoms with Crippen molar-refractivity contribution in [2.24, 2.45) is 5.73 Å². The molecule has 10 nitrogen and oxygen atoms in total. The molecular formula is C24H28N6O4S. The van der Waals surface area contributed by atoms with Gasteiger partial charge in [-0.15, -0.1) is 0 Å². The smallest absolute Gasteiger partial charge is 0.252 e. The Balaban J connectivity index is 1.48. The molecule has 35 heavy (non-hydrogen) atoms. The molecule has 1 aliphatic rings. The maximum Gasteiger partial charge on any atom is 0.252 e. The van der Waals surface area contributed by atoms with Crippen molar-refractivity contribution in [2.75, 3.05) is 43.5 Å². The molecule has 2 heterocycles. The molecule has 0 aliphatic carbocycles. The molecule has 184 valence electrons. The lowest BCUT2D eigenvalue weighted by molar-refractivity contribution is 0.0997. The fraction of sp³-hybridized carbons (Fsp3) is 0.292. The summed E-state index contributed by atoms with van der Waals surface area (Å²) in [6.45, 7) is 5.27. The molecule has 0 bridgehead atoms. The zero-order valence-corrected chi connectivity index (χ0v) is 20.7. The van der Waals surface area contributed by atoms with Crippen molar-refractivity contribution in [3.8, 4) is 5.75 Å². The molecule has 3 aromatic rings. The predicted molar refractivity (Wildman–Crippen MR) is 134 cm³/mol. The van der Waals surface area contributed by atoms with Crippen LogP contribution in [0.1, 0.15) is 21.6 Å². The van der Waals surface area contributed by atoms with E-state index in [1.54, 1.807) is 0 Å². The number of aromatic nitrogens is 2. The maximum absolute atomic E-state index is 13.2. The largest absolute Gasteiger partial charge is 0.496 e. The molecule has 0 unspecified atom stereocenters. The number of nitrogens with two attached hydrogens (primary N) is 1. The van der Waals surface area contributed by atoms with E-state index in [2.05, 4.69) is 15.3 Å². The van der Waals surface area contributed by atoms with Gasteiger partial charge in [0.25, 0.3) is 5.91 Å². The van der Waals surface area contributed by atoms with E-state index in [0.29, 0.717) is 24.9 Å². The van der Waals surface area contributed by atoms with E-state index in [1.807, 2.05) is 49.1 Å². The number of nitrogens with zero attached hydrogens (tertiary/aromatic N) is 4. The minimum atomic E-state index is -3.82. The van der Waals surface area contributed by atoms with Gasteiger partial charge in [0.2, 0.25) is 16.0 Å². The van der Waals surface area contributed by atoms with Crippen LogP contribution in [0.5, 0.6) is 5.75 Å². The van der Waals surface area contributed by atoms with Crippen molar-refractivity contribution in [3.05, 3.63) is 65.4 Å². The Kier molecular flexibility index (Phi) is 6.90. The van der Waals surface area contributed by atoms with Gasteiger partial charge in [0.1, 0.15) is 11.6 Å². The van der Waals surface area contributed by atoms with Gasteiger partial charge in [-0.2, -0.15) is 9.29 Å². The number of anilines is 3. The van der Waals surface area contributed by atoms with Crippen LogP contribution in [0, 0.1) is 13.8 Å². The Morgan fingerprint density at radius 3 is 2.31 bits per heavy atom. The number of ether oxygens (including phenoxy) is 1. The molecular weight excluding hydrogens is 468 g/mol. The van der Waals surface area contributed by atoms with Gasteiger partial charge in [-0.1, -0.05) is 17.7 Å². The standard InChI is InChI=1S/C24H28N6O4S/c1-16-4-6-18(7-5-16)27-22-14-17(2)26-24(28-22)29-10-12-30(13-11-29)35(32,33)19-8-9-21(34-3)20(15-19)23(25)31/h4-9,14-15H,10-13H2,1-3H3,(H2,25,31)(H,26,27,28). The summed E-state index contributed by atoms with van der Waals surface area (Å²) in [5.74, 6) is 0.684. The number of hydrogen-bond acceptors (Lipinski definition) is 8. The Bertz CT molecular complexity index is 1340. The summed E-state index contributed by atoms with van der Waals surface area (Å²) in [5, 5.41) is 3.30. The first-order chi connectivity index (χ1) is 16.7. The van der Waals surface area contributed by atoms with Crippen molar-refractivity contribution in [1.82, 2.24) is 14.3 Å². The van der Waals surface area contributed by atoms with Crippen LogP contribution in [0.15, 0.2) is 53.4 Å². The van der Waals surface area contributed by atoms with Crippen molar-refractivity contribution >= 4 is 33.4 Å². The molecule has 0 saturated carbocycles. The minimum absolute atomic E-state index is 0.00283. The number of primary amides is 1. The Hall–Kier alpha value is -3.70. The van der Waals surface area contributed by atoms with Gasteiger partial charge in [-0.25, -0.2) is 13.4 Å². The molecule has 1 fully saturated rings. The maximum atomic E-state index is 13.2. The van der Waals surface area contributed by atoms with E-state index in [4.69, 9.17) is 10.5 Å². The zero-order chi connectivity index (χ0) is 25.2. The highest BCUT2D eigenvalue weighted by atomic mass is 32.2. The molecule has 3 N–H and O–H groups in total. The number of aryl methyl sites for hydroxylation is 2. The molecule has 1 amide bonds. The lowest BCUT2D eigenvalue weighted by Gasteiger charge is -2.34. The number of methoxy groups -OCH3 is 1. The summed E-state index contributed by atoms with van der Waals surface area (Å²) in [6.07, 6.45) is 0. The minimum Gasteiger partial charge on any atom is -0.496 e. The summed E-state index contributed by atoms with van der Waals surface area (Å²) >= 11 is 0. The molecule has 0 radical (unpaired) electrons. The van der Waals surface area contributed by atoms with Crippen LogP contribution in [0.3, 0.4) is 0 Å². The van der Waals surface area contributed by atoms with Gasteiger partial charge in [0, 0.05) is 43.6 Å². The summed E-state index contributed by atoms with van der Waals surface area (Å²) in [5.41, 5.74) is 8.31. The third-order valence-electron chi connectivity index (χ3n) is 5.76. The predicted octanol–water partition coefficient (Wildman–Crippen LogP) is 2.46. The molecule has 2 aromatic carbocycles. The number of benzene rings is 2. The molecule has 1 aromatic heterocycles. The van der Waals surface area contributed by atoms with Gasteiger partial charge < -0.3 is 20.7 Å². The molecule has 4 rings (SSSR count). The molecule has 0 spiro atoms. The molecule has 11 heteroatoms. The van der Waals surface area contributed by atoms with E-state index in [0.717, 1.165) is 11.4 Å². The van der Waals surface area contributed by atoms with Crippen molar-refractivity contribution in [1.29, 1.82) is 0 Å². The van der Waals surface area contributed by atoms with Crippen LogP contribution in [0.2, 0.25) is 0 Å². The van der Waals surface area contributed by atoms with Crippen molar-refractivity contribution in [2.45, 2.75) is 18.7 Å². The number of sulfonamides is 1. The van der Waals surface area contributed by atoms with Crippen LogP contribution < -0.4 is 20.7 Å². The fourth-order valence-corrected chi connectivity index (χ4v) is 5.31. The van der Waals surface area contributed by atoms with E-state index in [-0.39, 0.29) is 29.3 Å². The quantitative estimate of drug-likeness (QED) is 0.510. The van der Waals surface area contributed by atoms with Crippen molar-refractivity contribution in [3.63, 3.8) is 0 Å². The fourth-order valence-electron chi connectivity index (χ4n) is 3.86. The van der Waals surface area contributed by atoms with Gasteiger partial charge in [-0.3, -0.25) is 4.79 Å². The lowest BCUT2D eigenvalue weighted by Crippen LogP contribution is -2.49. The number of amides is 1. The van der Waals surface area contributed by atoms with Crippen LogP contribution in [-0.4, -0.2) is 61.9 Å². The zero-order valence-electron chi connectivity index (χ0n) is 19.9. The SMILES string of the molecule is COc1ccc(S(=O)(=O)N2CCN(c3nc(C)cc(Nc4ccc(C)cc4)n3)CC2)cc1C(N)=O. The van der Waals surface area contributed by atoms with Crippen LogP contribution in [0.25, 0.3) is 0 Å². The van der Waals surface area contributed by atoms with Crippen LogP contribution >= 0.6 is 0 Å². The van der Waals surface area contributed by atoms with E-state index >= 15 is 0 Å². The Labute approximate surface area is 204 Å². The normalized spacial score (nSPS) is 14.5. The number of carbonyl (C=O) groups is 1.